The van der Waals surface area contributed by atoms with E-state index in [1.165, 1.54) is 4.90 Å². The monoisotopic (exact) mass is 318 g/mol. The molecule has 0 aromatic heterocycles. The van der Waals surface area contributed by atoms with Crippen LogP contribution in [0, 0.1) is 0 Å². The third-order valence-electron chi connectivity index (χ3n) is 3.39. The summed E-state index contributed by atoms with van der Waals surface area (Å²) in [6, 6.07) is 9.61. The first-order valence-corrected chi connectivity index (χ1v) is 8.50. The molecule has 1 aliphatic heterocycles. The highest BCUT2D eigenvalue weighted by Crippen LogP contribution is 2.32. The Labute approximate surface area is 136 Å². The number of thioether (sulfide) groups is 1. The van der Waals surface area contributed by atoms with Crippen LogP contribution in [0.3, 0.4) is 0 Å². The van der Waals surface area contributed by atoms with Crippen molar-refractivity contribution in [3.05, 3.63) is 40.8 Å². The maximum absolute atomic E-state index is 12.5. The molecule has 1 aromatic carbocycles. The van der Waals surface area contributed by atoms with Gasteiger partial charge in [0.25, 0.3) is 11.1 Å². The highest BCUT2D eigenvalue weighted by atomic mass is 32.2. The van der Waals surface area contributed by atoms with E-state index in [9.17, 15) is 9.59 Å². The van der Waals surface area contributed by atoms with E-state index in [0.717, 1.165) is 43.3 Å². The third-order valence-corrected chi connectivity index (χ3v) is 4.30. The molecule has 1 aromatic rings. The summed E-state index contributed by atoms with van der Waals surface area (Å²) in [4.78, 5) is 28.6. The summed E-state index contributed by atoms with van der Waals surface area (Å²) in [7, 11) is 0. The number of benzene rings is 1. The molecule has 5 heteroatoms. The molecule has 0 bridgehead atoms. The fourth-order valence-electron chi connectivity index (χ4n) is 2.41. The molecule has 2 rings (SSSR count). The van der Waals surface area contributed by atoms with Gasteiger partial charge in [0.15, 0.2) is 0 Å². The number of nitrogens with zero attached hydrogens (tertiary/aromatic N) is 2. The lowest BCUT2D eigenvalue weighted by Crippen LogP contribution is -2.41. The molecular formula is C17H22N2O2S. The highest BCUT2D eigenvalue weighted by Gasteiger charge is 2.35. The average Bonchev–Trinajstić information content (AvgIpc) is 2.76. The SMILES string of the molecule is CCCN(CCC)CN1C(=O)S/C(=C\c2ccccc2)C1=O. The summed E-state index contributed by atoms with van der Waals surface area (Å²) in [5, 5.41) is -0.176. The van der Waals surface area contributed by atoms with E-state index in [-0.39, 0.29) is 11.1 Å². The predicted octanol–water partition coefficient (Wildman–Crippen LogP) is 3.80. The summed E-state index contributed by atoms with van der Waals surface area (Å²) in [6.07, 6.45) is 3.81. The van der Waals surface area contributed by atoms with Crippen molar-refractivity contribution in [2.45, 2.75) is 26.7 Å². The summed E-state index contributed by atoms with van der Waals surface area (Å²) < 4.78 is 0. The van der Waals surface area contributed by atoms with Crippen LogP contribution < -0.4 is 0 Å². The van der Waals surface area contributed by atoms with Gasteiger partial charge in [0.05, 0.1) is 11.6 Å². The van der Waals surface area contributed by atoms with Gasteiger partial charge in [0, 0.05) is 0 Å². The molecule has 4 nitrogen and oxygen atoms in total. The number of imide groups is 1. The first kappa shape index (κ1) is 16.8. The van der Waals surface area contributed by atoms with Gasteiger partial charge in [-0.15, -0.1) is 0 Å². The molecule has 0 unspecified atom stereocenters. The zero-order valence-electron chi connectivity index (χ0n) is 13.1. The van der Waals surface area contributed by atoms with Crippen molar-refractivity contribution >= 4 is 29.0 Å². The van der Waals surface area contributed by atoms with Crippen LogP contribution in [0.1, 0.15) is 32.3 Å². The van der Waals surface area contributed by atoms with E-state index in [1.807, 2.05) is 30.3 Å². The van der Waals surface area contributed by atoms with Crippen molar-refractivity contribution in [3.63, 3.8) is 0 Å². The fourth-order valence-corrected chi connectivity index (χ4v) is 3.24. The summed E-state index contributed by atoms with van der Waals surface area (Å²) in [5.74, 6) is -0.184. The zero-order valence-corrected chi connectivity index (χ0v) is 13.9. The van der Waals surface area contributed by atoms with Gasteiger partial charge in [0.2, 0.25) is 0 Å². The molecule has 0 spiro atoms. The van der Waals surface area contributed by atoms with Crippen LogP contribution in [0.4, 0.5) is 4.79 Å². The van der Waals surface area contributed by atoms with E-state index in [0.29, 0.717) is 11.6 Å². The van der Waals surface area contributed by atoms with E-state index in [2.05, 4.69) is 18.7 Å². The maximum Gasteiger partial charge on any atom is 0.294 e. The Hall–Kier alpha value is -1.59. The van der Waals surface area contributed by atoms with Crippen LogP contribution in [0.15, 0.2) is 35.2 Å². The molecule has 22 heavy (non-hydrogen) atoms. The van der Waals surface area contributed by atoms with Crippen molar-refractivity contribution < 1.29 is 9.59 Å². The second-order valence-electron chi connectivity index (χ2n) is 5.28. The van der Waals surface area contributed by atoms with Crippen molar-refractivity contribution in [2.24, 2.45) is 0 Å². The number of amides is 2. The van der Waals surface area contributed by atoms with Crippen LogP contribution in [0.5, 0.6) is 0 Å². The standard InChI is InChI=1S/C17H22N2O2S/c1-3-10-18(11-4-2)13-19-16(20)15(22-17(19)21)12-14-8-6-5-7-9-14/h5-9,12H,3-4,10-11,13H2,1-2H3/b15-12-. The molecule has 2 amide bonds. The molecule has 0 atom stereocenters. The van der Waals surface area contributed by atoms with E-state index in [1.54, 1.807) is 6.08 Å². The minimum absolute atomic E-state index is 0.176. The smallest absolute Gasteiger partial charge is 0.286 e. The summed E-state index contributed by atoms with van der Waals surface area (Å²) in [5.41, 5.74) is 0.937. The Kier molecular flexibility index (Phi) is 6.21. The van der Waals surface area contributed by atoms with Crippen LogP contribution in [0.25, 0.3) is 6.08 Å². The number of rotatable bonds is 7. The predicted molar refractivity (Wildman–Crippen MR) is 91.3 cm³/mol. The summed E-state index contributed by atoms with van der Waals surface area (Å²) >= 11 is 1.03. The number of hydrogen-bond acceptors (Lipinski definition) is 4. The average molecular weight is 318 g/mol. The molecule has 1 heterocycles. The van der Waals surface area contributed by atoms with Gasteiger partial charge < -0.3 is 0 Å². The van der Waals surface area contributed by atoms with Crippen molar-refractivity contribution in [3.8, 4) is 0 Å². The second-order valence-corrected chi connectivity index (χ2v) is 6.27. The zero-order chi connectivity index (χ0) is 15.9. The Morgan fingerprint density at radius 3 is 2.32 bits per heavy atom. The van der Waals surface area contributed by atoms with E-state index in [4.69, 9.17) is 0 Å². The number of carbonyl (C=O) groups is 2. The van der Waals surface area contributed by atoms with Crippen LogP contribution in [-0.2, 0) is 4.79 Å². The Balaban J connectivity index is 2.10. The molecule has 1 saturated heterocycles. The van der Waals surface area contributed by atoms with Gasteiger partial charge in [-0.1, -0.05) is 44.2 Å². The Morgan fingerprint density at radius 1 is 1.09 bits per heavy atom. The van der Waals surface area contributed by atoms with Crippen LogP contribution >= 0.6 is 11.8 Å². The van der Waals surface area contributed by atoms with Gasteiger partial charge >= 0.3 is 0 Å². The molecular weight excluding hydrogens is 296 g/mol. The molecule has 118 valence electrons. The largest absolute Gasteiger partial charge is 0.294 e. The number of hydrogen-bond donors (Lipinski definition) is 0. The van der Waals surface area contributed by atoms with E-state index >= 15 is 0 Å². The van der Waals surface area contributed by atoms with Gasteiger partial charge in [-0.25, -0.2) is 0 Å². The topological polar surface area (TPSA) is 40.6 Å². The van der Waals surface area contributed by atoms with Crippen LogP contribution in [-0.4, -0.2) is 40.7 Å². The minimum atomic E-state index is -0.184. The van der Waals surface area contributed by atoms with E-state index < -0.39 is 0 Å². The first-order valence-electron chi connectivity index (χ1n) is 7.68. The Morgan fingerprint density at radius 2 is 1.73 bits per heavy atom. The van der Waals surface area contributed by atoms with Crippen molar-refractivity contribution in [1.82, 2.24) is 9.80 Å². The summed E-state index contributed by atoms with van der Waals surface area (Å²) in [6.45, 7) is 6.39. The van der Waals surface area contributed by atoms with Gasteiger partial charge in [-0.2, -0.15) is 0 Å². The van der Waals surface area contributed by atoms with Gasteiger partial charge in [-0.3, -0.25) is 19.4 Å². The molecule has 0 aliphatic carbocycles. The molecule has 0 saturated carbocycles. The minimum Gasteiger partial charge on any atom is -0.286 e. The van der Waals surface area contributed by atoms with Gasteiger partial charge in [-0.05, 0) is 49.3 Å². The normalized spacial score (nSPS) is 17.0. The lowest BCUT2D eigenvalue weighted by atomic mass is 10.2. The number of carbonyl (C=O) groups excluding carboxylic acids is 2. The van der Waals surface area contributed by atoms with Crippen molar-refractivity contribution in [2.75, 3.05) is 19.8 Å². The third kappa shape index (κ3) is 4.21. The molecule has 0 N–H and O–H groups in total. The quantitative estimate of drug-likeness (QED) is 0.717. The van der Waals surface area contributed by atoms with Crippen LogP contribution in [0.2, 0.25) is 0 Å². The molecule has 1 aliphatic rings. The lowest BCUT2D eigenvalue weighted by molar-refractivity contribution is -0.124. The second kappa shape index (κ2) is 8.15. The molecule has 0 radical (unpaired) electrons. The highest BCUT2D eigenvalue weighted by molar-refractivity contribution is 8.18. The van der Waals surface area contributed by atoms with Gasteiger partial charge in [0.1, 0.15) is 0 Å². The Bertz CT molecular complexity index is 551. The fraction of sp³-hybridized carbons (Fsp3) is 0.412. The van der Waals surface area contributed by atoms with Crippen molar-refractivity contribution in [1.29, 1.82) is 0 Å². The lowest BCUT2D eigenvalue weighted by Gasteiger charge is -2.25. The first-order chi connectivity index (χ1) is 10.7. The maximum atomic E-state index is 12.5. The molecule has 1 fully saturated rings.